The molecule has 0 fully saturated rings. The summed E-state index contributed by atoms with van der Waals surface area (Å²) in [5, 5.41) is 5.45. The SMILES string of the molecule is Cc1nn(C)c(N2CCCc3ccccc3C2)c1CBr. The van der Waals surface area contributed by atoms with Crippen LogP contribution in [0.1, 0.15) is 28.8 Å². The third-order valence-corrected chi connectivity index (χ3v) is 4.66. The third kappa shape index (κ3) is 2.37. The van der Waals surface area contributed by atoms with Gasteiger partial charge in [0.1, 0.15) is 5.82 Å². The van der Waals surface area contributed by atoms with Crippen LogP contribution in [0.25, 0.3) is 0 Å². The van der Waals surface area contributed by atoms with Crippen LogP contribution in [0.5, 0.6) is 0 Å². The zero-order chi connectivity index (χ0) is 14.1. The zero-order valence-electron chi connectivity index (χ0n) is 12.1. The van der Waals surface area contributed by atoms with E-state index in [9.17, 15) is 0 Å². The monoisotopic (exact) mass is 333 g/mol. The first-order chi connectivity index (χ1) is 9.70. The maximum atomic E-state index is 4.59. The van der Waals surface area contributed by atoms with Crippen molar-refractivity contribution in [1.82, 2.24) is 9.78 Å². The molecular weight excluding hydrogens is 314 g/mol. The first kappa shape index (κ1) is 13.7. The van der Waals surface area contributed by atoms with Crippen LogP contribution in [0.3, 0.4) is 0 Å². The van der Waals surface area contributed by atoms with Gasteiger partial charge < -0.3 is 4.90 Å². The van der Waals surface area contributed by atoms with Crippen molar-refractivity contribution in [3.63, 3.8) is 0 Å². The molecule has 20 heavy (non-hydrogen) atoms. The van der Waals surface area contributed by atoms with Gasteiger partial charge in [0.2, 0.25) is 0 Å². The lowest BCUT2D eigenvalue weighted by Crippen LogP contribution is -2.25. The first-order valence-corrected chi connectivity index (χ1v) is 8.23. The van der Waals surface area contributed by atoms with Gasteiger partial charge in [-0.05, 0) is 30.9 Å². The Labute approximate surface area is 128 Å². The number of aromatic nitrogens is 2. The summed E-state index contributed by atoms with van der Waals surface area (Å²) in [7, 11) is 2.05. The molecule has 1 aliphatic rings. The lowest BCUT2D eigenvalue weighted by atomic mass is 10.0. The van der Waals surface area contributed by atoms with E-state index in [4.69, 9.17) is 0 Å². The van der Waals surface area contributed by atoms with Crippen LogP contribution in [0.15, 0.2) is 24.3 Å². The molecule has 0 atom stereocenters. The highest BCUT2D eigenvalue weighted by Crippen LogP contribution is 2.29. The molecule has 106 valence electrons. The molecule has 0 spiro atoms. The van der Waals surface area contributed by atoms with Crippen LogP contribution in [-0.4, -0.2) is 16.3 Å². The molecule has 3 rings (SSSR count). The van der Waals surface area contributed by atoms with E-state index >= 15 is 0 Å². The van der Waals surface area contributed by atoms with Gasteiger partial charge in [0, 0.05) is 31.0 Å². The van der Waals surface area contributed by atoms with Crippen molar-refractivity contribution < 1.29 is 0 Å². The summed E-state index contributed by atoms with van der Waals surface area (Å²) in [4.78, 5) is 2.47. The van der Waals surface area contributed by atoms with Gasteiger partial charge in [-0.25, -0.2) is 0 Å². The third-order valence-electron chi connectivity index (χ3n) is 4.10. The molecule has 0 amide bonds. The lowest BCUT2D eigenvalue weighted by molar-refractivity contribution is 0.686. The van der Waals surface area contributed by atoms with Crippen molar-refractivity contribution in [2.75, 3.05) is 11.4 Å². The molecular formula is C16H20BrN3. The molecule has 0 aliphatic carbocycles. The van der Waals surface area contributed by atoms with Gasteiger partial charge in [-0.2, -0.15) is 5.10 Å². The van der Waals surface area contributed by atoms with E-state index in [1.807, 2.05) is 11.7 Å². The minimum atomic E-state index is 0.861. The van der Waals surface area contributed by atoms with E-state index in [1.165, 1.54) is 35.3 Å². The Hall–Kier alpha value is -1.29. The molecule has 1 aromatic heterocycles. The van der Waals surface area contributed by atoms with Crippen LogP contribution in [-0.2, 0) is 25.3 Å². The second-order valence-corrected chi connectivity index (χ2v) is 6.00. The number of alkyl halides is 1. The van der Waals surface area contributed by atoms with Gasteiger partial charge in [0.25, 0.3) is 0 Å². The number of benzene rings is 1. The Morgan fingerprint density at radius 1 is 1.25 bits per heavy atom. The summed E-state index contributed by atoms with van der Waals surface area (Å²) in [6.45, 7) is 4.16. The molecule has 3 nitrogen and oxygen atoms in total. The van der Waals surface area contributed by atoms with Crippen LogP contribution in [0, 0.1) is 6.92 Å². The van der Waals surface area contributed by atoms with Crippen molar-refractivity contribution in [1.29, 1.82) is 0 Å². The summed E-state index contributed by atoms with van der Waals surface area (Å²) >= 11 is 3.61. The predicted molar refractivity (Wildman–Crippen MR) is 86.4 cm³/mol. The molecule has 2 aromatic rings. The average molecular weight is 334 g/mol. The van der Waals surface area contributed by atoms with Crippen LogP contribution in [0.4, 0.5) is 5.82 Å². The van der Waals surface area contributed by atoms with Crippen molar-refractivity contribution >= 4 is 21.7 Å². The summed E-state index contributed by atoms with van der Waals surface area (Å²) in [5.41, 5.74) is 5.38. The van der Waals surface area contributed by atoms with Gasteiger partial charge in [-0.3, -0.25) is 4.68 Å². The lowest BCUT2D eigenvalue weighted by Gasteiger charge is -2.24. The molecule has 4 heteroatoms. The van der Waals surface area contributed by atoms with E-state index in [0.717, 1.165) is 24.1 Å². The van der Waals surface area contributed by atoms with Gasteiger partial charge in [0.15, 0.2) is 0 Å². The fourth-order valence-electron chi connectivity index (χ4n) is 3.12. The Morgan fingerprint density at radius 3 is 2.75 bits per heavy atom. The molecule has 0 N–H and O–H groups in total. The van der Waals surface area contributed by atoms with Gasteiger partial charge in [-0.1, -0.05) is 40.2 Å². The van der Waals surface area contributed by atoms with Crippen molar-refractivity contribution in [2.45, 2.75) is 31.6 Å². The van der Waals surface area contributed by atoms with Crippen molar-refractivity contribution in [3.8, 4) is 0 Å². The minimum absolute atomic E-state index is 0.861. The van der Waals surface area contributed by atoms with Crippen LogP contribution in [0.2, 0.25) is 0 Å². The topological polar surface area (TPSA) is 21.1 Å². The first-order valence-electron chi connectivity index (χ1n) is 7.11. The van der Waals surface area contributed by atoms with Crippen LogP contribution < -0.4 is 4.90 Å². The smallest absolute Gasteiger partial charge is 0.131 e. The standard InChI is InChI=1S/C16H20BrN3/c1-12-15(10-17)16(19(2)18-12)20-9-5-8-13-6-3-4-7-14(13)11-20/h3-4,6-7H,5,8-11H2,1-2H3. The largest absolute Gasteiger partial charge is 0.352 e. The fraction of sp³-hybridized carbons (Fsp3) is 0.438. The second kappa shape index (κ2) is 5.60. The highest BCUT2D eigenvalue weighted by molar-refractivity contribution is 9.08. The quantitative estimate of drug-likeness (QED) is 0.783. The van der Waals surface area contributed by atoms with E-state index in [2.05, 4.69) is 57.1 Å². The number of nitrogens with zero attached hydrogens (tertiary/aromatic N) is 3. The van der Waals surface area contributed by atoms with Gasteiger partial charge in [-0.15, -0.1) is 0 Å². The molecule has 0 unspecified atom stereocenters. The highest BCUT2D eigenvalue weighted by atomic mass is 79.9. The molecule has 0 saturated carbocycles. The maximum absolute atomic E-state index is 4.59. The summed E-state index contributed by atoms with van der Waals surface area (Å²) in [6, 6.07) is 8.80. The van der Waals surface area contributed by atoms with E-state index in [0.29, 0.717) is 0 Å². The number of hydrogen-bond donors (Lipinski definition) is 0. The predicted octanol–water partition coefficient (Wildman–Crippen LogP) is 3.58. The van der Waals surface area contributed by atoms with Gasteiger partial charge >= 0.3 is 0 Å². The minimum Gasteiger partial charge on any atom is -0.352 e. The number of fused-ring (bicyclic) bond motifs is 1. The van der Waals surface area contributed by atoms with E-state index in [1.54, 1.807) is 0 Å². The van der Waals surface area contributed by atoms with Crippen molar-refractivity contribution in [2.24, 2.45) is 7.05 Å². The zero-order valence-corrected chi connectivity index (χ0v) is 13.7. The molecule has 0 radical (unpaired) electrons. The maximum Gasteiger partial charge on any atom is 0.131 e. The van der Waals surface area contributed by atoms with E-state index < -0.39 is 0 Å². The number of aryl methyl sites for hydroxylation is 3. The molecule has 1 aromatic carbocycles. The number of hydrogen-bond acceptors (Lipinski definition) is 2. The summed E-state index contributed by atoms with van der Waals surface area (Å²) in [6.07, 6.45) is 2.37. The van der Waals surface area contributed by atoms with Crippen LogP contribution >= 0.6 is 15.9 Å². The van der Waals surface area contributed by atoms with Crippen molar-refractivity contribution in [3.05, 3.63) is 46.6 Å². The number of anilines is 1. The van der Waals surface area contributed by atoms with E-state index in [-0.39, 0.29) is 0 Å². The fourth-order valence-corrected chi connectivity index (χ4v) is 3.78. The summed E-state index contributed by atoms with van der Waals surface area (Å²) < 4.78 is 2.03. The Kier molecular flexibility index (Phi) is 3.83. The number of halogens is 1. The molecule has 1 aliphatic heterocycles. The number of rotatable bonds is 2. The van der Waals surface area contributed by atoms with Gasteiger partial charge in [0.05, 0.1) is 5.69 Å². The average Bonchev–Trinajstić information content (AvgIpc) is 2.62. The molecule has 2 heterocycles. The Balaban J connectivity index is 1.99. The molecule has 0 saturated heterocycles. The summed E-state index contributed by atoms with van der Waals surface area (Å²) in [5.74, 6) is 1.26. The Morgan fingerprint density at radius 2 is 2.00 bits per heavy atom. The normalized spacial score (nSPS) is 15.1. The highest BCUT2D eigenvalue weighted by Gasteiger charge is 2.21. The second-order valence-electron chi connectivity index (χ2n) is 5.44. The molecule has 0 bridgehead atoms. The Bertz CT molecular complexity index is 618.